The first-order valence-electron chi connectivity index (χ1n) is 11.9. The molecule has 10 heteroatoms. The van der Waals surface area contributed by atoms with Gasteiger partial charge in [-0.2, -0.15) is 13.2 Å². The molecule has 34 heavy (non-hydrogen) atoms. The number of hydrogen-bond acceptors (Lipinski definition) is 4. The van der Waals surface area contributed by atoms with Gasteiger partial charge in [0.15, 0.2) is 5.82 Å². The van der Waals surface area contributed by atoms with Gasteiger partial charge in [-0.25, -0.2) is 4.98 Å². The lowest BCUT2D eigenvalue weighted by Gasteiger charge is -2.44. The van der Waals surface area contributed by atoms with Gasteiger partial charge < -0.3 is 19.5 Å². The Morgan fingerprint density at radius 3 is 2.41 bits per heavy atom. The van der Waals surface area contributed by atoms with Crippen molar-refractivity contribution in [2.75, 3.05) is 13.1 Å². The van der Waals surface area contributed by atoms with Crippen molar-refractivity contribution in [2.45, 2.75) is 75.7 Å². The Hall–Kier alpha value is -2.62. The van der Waals surface area contributed by atoms with E-state index in [1.54, 1.807) is 18.0 Å². The molecule has 7 nitrogen and oxygen atoms in total. The summed E-state index contributed by atoms with van der Waals surface area (Å²) in [7, 11) is 1.55. The topological polar surface area (TPSA) is 78.7 Å². The maximum absolute atomic E-state index is 13.8. The minimum absolute atomic E-state index is 0.0431. The lowest BCUT2D eigenvalue weighted by Crippen LogP contribution is -2.60. The number of piperazine rings is 1. The lowest BCUT2D eigenvalue weighted by molar-refractivity contribution is -0.141. The van der Waals surface area contributed by atoms with Crippen LogP contribution in [0.25, 0.3) is 11.0 Å². The van der Waals surface area contributed by atoms with Gasteiger partial charge in [-0.3, -0.25) is 9.59 Å². The molecule has 0 bridgehead atoms. The van der Waals surface area contributed by atoms with Gasteiger partial charge >= 0.3 is 6.18 Å². The normalized spacial score (nSPS) is 26.4. The number of alkyl halides is 3. The maximum atomic E-state index is 13.8. The molecule has 1 atom stereocenters. The molecule has 3 aliphatic rings. The Balaban J connectivity index is 1.43. The quantitative estimate of drug-likeness (QED) is 0.733. The van der Waals surface area contributed by atoms with Crippen LogP contribution in [0.2, 0.25) is 0 Å². The summed E-state index contributed by atoms with van der Waals surface area (Å²) in [5.41, 5.74) is -0.161. The second-order valence-electron chi connectivity index (χ2n) is 9.99. The van der Waals surface area contributed by atoms with Crippen LogP contribution in [-0.2, 0) is 18.0 Å². The van der Waals surface area contributed by atoms with E-state index in [2.05, 4.69) is 4.98 Å². The smallest absolute Gasteiger partial charge is 0.393 e. The van der Waals surface area contributed by atoms with Gasteiger partial charge in [0.2, 0.25) is 5.91 Å². The van der Waals surface area contributed by atoms with E-state index in [0.717, 1.165) is 31.7 Å². The number of carbonyl (C=O) groups is 2. The molecule has 0 radical (unpaired) electrons. The van der Waals surface area contributed by atoms with Gasteiger partial charge in [0, 0.05) is 25.7 Å². The Labute approximate surface area is 195 Å². The first-order valence-corrected chi connectivity index (χ1v) is 11.9. The highest BCUT2D eigenvalue weighted by Crippen LogP contribution is 2.44. The minimum Gasteiger partial charge on any atom is -0.393 e. The van der Waals surface area contributed by atoms with Crippen molar-refractivity contribution in [1.82, 2.24) is 19.4 Å². The van der Waals surface area contributed by atoms with Crippen molar-refractivity contribution in [2.24, 2.45) is 7.05 Å². The van der Waals surface area contributed by atoms with E-state index in [4.69, 9.17) is 0 Å². The number of carbonyl (C=O) groups excluding carboxylic acids is 2. The third-order valence-electron chi connectivity index (χ3n) is 7.54. The van der Waals surface area contributed by atoms with Crippen LogP contribution >= 0.6 is 0 Å². The number of fused-ring (bicyclic) bond motifs is 1. The van der Waals surface area contributed by atoms with E-state index in [9.17, 15) is 27.9 Å². The summed E-state index contributed by atoms with van der Waals surface area (Å²) in [6.07, 6.45) is -0.451. The highest BCUT2D eigenvalue weighted by Gasteiger charge is 2.40. The first-order chi connectivity index (χ1) is 16.0. The van der Waals surface area contributed by atoms with Crippen LogP contribution in [0.5, 0.6) is 0 Å². The van der Waals surface area contributed by atoms with Crippen molar-refractivity contribution in [1.29, 1.82) is 0 Å². The van der Waals surface area contributed by atoms with Crippen LogP contribution in [0, 0.1) is 0 Å². The van der Waals surface area contributed by atoms with Gasteiger partial charge in [-0.15, -0.1) is 0 Å². The van der Waals surface area contributed by atoms with Crippen LogP contribution < -0.4 is 0 Å². The molecular weight excluding hydrogens is 449 g/mol. The van der Waals surface area contributed by atoms with Crippen LogP contribution in [0.15, 0.2) is 12.1 Å². The molecule has 1 saturated heterocycles. The Bertz CT molecular complexity index is 1130. The third-order valence-corrected chi connectivity index (χ3v) is 7.54. The van der Waals surface area contributed by atoms with Crippen molar-refractivity contribution in [3.63, 3.8) is 0 Å². The number of nitrogens with zero attached hydrogens (tertiary/aromatic N) is 4. The van der Waals surface area contributed by atoms with Crippen LogP contribution in [0.4, 0.5) is 13.2 Å². The Morgan fingerprint density at radius 2 is 1.79 bits per heavy atom. The molecule has 1 N–H and O–H groups in total. The molecule has 2 aromatic rings. The molecule has 3 fully saturated rings. The van der Waals surface area contributed by atoms with Gasteiger partial charge in [0.25, 0.3) is 5.91 Å². The number of aliphatic hydroxyl groups is 1. The van der Waals surface area contributed by atoms with Gasteiger partial charge in [0.05, 0.1) is 17.2 Å². The first kappa shape index (κ1) is 23.1. The zero-order valence-electron chi connectivity index (χ0n) is 19.3. The number of aliphatic hydroxyl groups excluding tert-OH is 1. The van der Waals surface area contributed by atoms with Crippen molar-refractivity contribution in [3.8, 4) is 0 Å². The Kier molecular flexibility index (Phi) is 5.61. The summed E-state index contributed by atoms with van der Waals surface area (Å²) in [5, 5.41) is 9.75. The summed E-state index contributed by atoms with van der Waals surface area (Å²) in [6.45, 7) is 2.06. The second-order valence-corrected chi connectivity index (χ2v) is 9.99. The number of amides is 2. The fourth-order valence-electron chi connectivity index (χ4n) is 5.37. The van der Waals surface area contributed by atoms with Gasteiger partial charge in [-0.05, 0) is 69.1 Å². The fourth-order valence-corrected chi connectivity index (χ4v) is 5.37. The predicted molar refractivity (Wildman–Crippen MR) is 118 cm³/mol. The number of hydrogen-bond donors (Lipinski definition) is 1. The fraction of sp³-hybridized carbons (Fsp3) is 0.625. The largest absolute Gasteiger partial charge is 0.418 e. The molecule has 1 aliphatic heterocycles. The molecule has 2 amide bonds. The third kappa shape index (κ3) is 4.06. The number of aromatic nitrogens is 2. The molecule has 1 aromatic heterocycles. The van der Waals surface area contributed by atoms with E-state index in [-0.39, 0.29) is 53.4 Å². The summed E-state index contributed by atoms with van der Waals surface area (Å²) in [4.78, 5) is 33.7. The summed E-state index contributed by atoms with van der Waals surface area (Å²) in [5.74, 6) is -0.702. The molecule has 5 rings (SSSR count). The lowest BCUT2D eigenvalue weighted by atomic mass is 9.91. The molecule has 0 unspecified atom stereocenters. The zero-order chi connectivity index (χ0) is 24.4. The second kappa shape index (κ2) is 8.25. The number of rotatable bonds is 3. The number of benzene rings is 1. The Morgan fingerprint density at radius 1 is 1.12 bits per heavy atom. The predicted octanol–water partition coefficient (Wildman–Crippen LogP) is 3.45. The monoisotopic (exact) mass is 478 g/mol. The summed E-state index contributed by atoms with van der Waals surface area (Å²) < 4.78 is 42.9. The van der Waals surface area contributed by atoms with Crippen LogP contribution in [-0.4, -0.2) is 67.5 Å². The molecule has 2 saturated carbocycles. The summed E-state index contributed by atoms with van der Waals surface area (Å²) in [6, 6.07) is 2.60. The average Bonchev–Trinajstić information content (AvgIpc) is 3.58. The van der Waals surface area contributed by atoms with E-state index in [1.807, 2.05) is 6.92 Å². The summed E-state index contributed by atoms with van der Waals surface area (Å²) >= 11 is 0. The van der Waals surface area contributed by atoms with Crippen molar-refractivity contribution < 1.29 is 27.9 Å². The van der Waals surface area contributed by atoms with E-state index in [1.165, 1.54) is 9.47 Å². The number of halogens is 3. The van der Waals surface area contributed by atoms with Crippen LogP contribution in [0.3, 0.4) is 0 Å². The van der Waals surface area contributed by atoms with E-state index < -0.39 is 17.6 Å². The van der Waals surface area contributed by atoms with Crippen molar-refractivity contribution in [3.05, 3.63) is 29.1 Å². The average molecular weight is 479 g/mol. The van der Waals surface area contributed by atoms with E-state index in [0.29, 0.717) is 24.9 Å². The SMILES string of the molecule is C[C@@H]1CN([C@H]2CC[C@H](O)CC2)C(=O)CN1C(=O)c1nc2c(C(F)(F)F)cc(C3CC3)cc2n1C. The number of imidazole rings is 1. The highest BCUT2D eigenvalue weighted by atomic mass is 19.4. The molecular formula is C24H29F3N4O3. The zero-order valence-corrected chi connectivity index (χ0v) is 19.3. The van der Waals surface area contributed by atoms with Gasteiger partial charge in [0.1, 0.15) is 12.1 Å². The standard InChI is InChI=1S/C24H29F3N4O3/c1-13-11-31(16-5-7-17(32)8-6-16)20(33)12-30(13)23(34)22-28-21-18(24(25,26)27)9-15(14-3-4-14)10-19(21)29(22)2/h9-10,13-14,16-17,32H,3-8,11-12H2,1-2H3/t13-,16-,17-/m1/s1. The molecule has 0 spiro atoms. The van der Waals surface area contributed by atoms with Crippen LogP contribution in [0.1, 0.15) is 73.1 Å². The van der Waals surface area contributed by atoms with E-state index >= 15 is 0 Å². The molecule has 2 aliphatic carbocycles. The molecule has 2 heterocycles. The highest BCUT2D eigenvalue weighted by molar-refractivity contribution is 5.98. The minimum atomic E-state index is -4.58. The molecule has 184 valence electrons. The van der Waals surface area contributed by atoms with Gasteiger partial charge in [-0.1, -0.05) is 0 Å². The van der Waals surface area contributed by atoms with Crippen molar-refractivity contribution >= 4 is 22.8 Å². The molecule has 1 aromatic carbocycles. The maximum Gasteiger partial charge on any atom is 0.418 e. The number of aryl methyl sites for hydroxylation is 1.